The quantitative estimate of drug-likeness (QED) is 0.599. The number of rotatable bonds is 8. The third-order valence-corrected chi connectivity index (χ3v) is 4.89. The highest BCUT2D eigenvalue weighted by Gasteiger charge is 2.19. The third-order valence-electron chi connectivity index (χ3n) is 4.89. The van der Waals surface area contributed by atoms with E-state index >= 15 is 0 Å². The normalized spacial score (nSPS) is 16.2. The van der Waals surface area contributed by atoms with Crippen LogP contribution in [0.1, 0.15) is 22.8 Å². The average Bonchev–Trinajstić information content (AvgIpc) is 2.69. The van der Waals surface area contributed by atoms with Crippen LogP contribution in [-0.2, 0) is 6.54 Å². The molecule has 2 aromatic carbocycles. The maximum atomic E-state index is 11.3. The van der Waals surface area contributed by atoms with Crippen LogP contribution in [-0.4, -0.2) is 66.1 Å². The number of carbonyl (C=O) groups is 1. The molecule has 152 valence electrons. The Kier molecular flexibility index (Phi) is 8.93. The second-order valence-corrected chi connectivity index (χ2v) is 7.11. The first-order valence-corrected chi connectivity index (χ1v) is 9.50. The summed E-state index contributed by atoms with van der Waals surface area (Å²) in [7, 11) is 0. The number of hydrogen-bond acceptors (Lipinski definition) is 5. The van der Waals surface area contributed by atoms with E-state index in [9.17, 15) is 9.90 Å². The highest BCUT2D eigenvalue weighted by atomic mass is 35.5. The van der Waals surface area contributed by atoms with Crippen molar-refractivity contribution in [3.63, 3.8) is 0 Å². The average molecular weight is 404 g/mol. The molecule has 1 fully saturated rings. The summed E-state index contributed by atoms with van der Waals surface area (Å²) in [5.74, 6) is 0.708. The van der Waals surface area contributed by atoms with Gasteiger partial charge in [0.15, 0.2) is 5.78 Å². The summed E-state index contributed by atoms with van der Waals surface area (Å²) in [6, 6.07) is 17.6. The second-order valence-electron chi connectivity index (χ2n) is 7.11. The number of ketones is 1. The van der Waals surface area contributed by atoms with E-state index in [0.29, 0.717) is 17.9 Å². The van der Waals surface area contributed by atoms with Crippen molar-refractivity contribution < 1.29 is 27.0 Å². The van der Waals surface area contributed by atoms with E-state index in [2.05, 4.69) is 34.1 Å². The van der Waals surface area contributed by atoms with Crippen LogP contribution < -0.4 is 17.1 Å². The summed E-state index contributed by atoms with van der Waals surface area (Å²) in [5.41, 5.74) is 2.01. The van der Waals surface area contributed by atoms with Gasteiger partial charge in [0.05, 0.1) is 0 Å². The maximum Gasteiger partial charge on any atom is 0.159 e. The molecule has 28 heavy (non-hydrogen) atoms. The number of ether oxygens (including phenoxy) is 1. The minimum Gasteiger partial charge on any atom is -1.00 e. The van der Waals surface area contributed by atoms with Gasteiger partial charge in [-0.1, -0.05) is 30.3 Å². The van der Waals surface area contributed by atoms with E-state index in [4.69, 9.17) is 4.74 Å². The van der Waals surface area contributed by atoms with Crippen molar-refractivity contribution >= 4 is 5.78 Å². The maximum absolute atomic E-state index is 11.3. The number of piperazine rings is 1. The highest BCUT2D eigenvalue weighted by Crippen LogP contribution is 2.13. The lowest BCUT2D eigenvalue weighted by molar-refractivity contribution is -0.0000159. The van der Waals surface area contributed by atoms with Crippen molar-refractivity contribution in [3.8, 4) is 5.75 Å². The van der Waals surface area contributed by atoms with Gasteiger partial charge in [0.1, 0.15) is 18.5 Å². The zero-order valence-electron chi connectivity index (χ0n) is 16.3. The Morgan fingerprint density at radius 3 is 2.21 bits per heavy atom. The van der Waals surface area contributed by atoms with E-state index in [1.54, 1.807) is 31.2 Å². The molecule has 6 heteroatoms. The predicted molar refractivity (Wildman–Crippen MR) is 106 cm³/mol. The molecule has 1 aliphatic heterocycles. The number of hydrogen-bond donors (Lipinski definition) is 1. The molecule has 5 nitrogen and oxygen atoms in total. The fraction of sp³-hybridized carbons (Fsp3) is 0.409. The lowest BCUT2D eigenvalue weighted by Gasteiger charge is -2.35. The molecule has 3 rings (SSSR count). The molecule has 1 aliphatic rings. The lowest BCUT2D eigenvalue weighted by Crippen LogP contribution is -3.00. The Morgan fingerprint density at radius 1 is 1.00 bits per heavy atom. The van der Waals surface area contributed by atoms with Gasteiger partial charge in [-0.15, -0.1) is 0 Å². The smallest absolute Gasteiger partial charge is 0.159 e. The van der Waals surface area contributed by atoms with Gasteiger partial charge >= 0.3 is 0 Å². The number of aliphatic hydroxyl groups excluding tert-OH is 1. The Morgan fingerprint density at radius 2 is 1.61 bits per heavy atom. The number of halogens is 1. The molecule has 0 radical (unpaired) electrons. The summed E-state index contributed by atoms with van der Waals surface area (Å²) in [6.45, 7) is 7.32. The van der Waals surface area contributed by atoms with Gasteiger partial charge < -0.3 is 22.3 Å². The van der Waals surface area contributed by atoms with E-state index < -0.39 is 6.10 Å². The van der Waals surface area contributed by atoms with Gasteiger partial charge in [-0.3, -0.25) is 14.6 Å². The number of carbonyl (C=O) groups excluding carboxylic acids is 1. The number of aliphatic hydroxyl groups is 1. The SMILES string of the molecule is CC(=O)c1ccc(OCC(O)CN2CCN(Cc3ccccc3)CC2)cc1.[Cl-]. The molecule has 1 heterocycles. The van der Waals surface area contributed by atoms with Gasteiger partial charge in [0.25, 0.3) is 0 Å². The molecule has 0 spiro atoms. The van der Waals surface area contributed by atoms with Crippen molar-refractivity contribution in [2.75, 3.05) is 39.3 Å². The van der Waals surface area contributed by atoms with Crippen LogP contribution in [0.25, 0.3) is 0 Å². The Balaban J connectivity index is 0.00000280. The molecule has 0 aliphatic carbocycles. The zero-order valence-corrected chi connectivity index (χ0v) is 17.0. The summed E-state index contributed by atoms with van der Waals surface area (Å²) in [6.07, 6.45) is -0.529. The zero-order chi connectivity index (χ0) is 19.1. The lowest BCUT2D eigenvalue weighted by atomic mass is 10.1. The van der Waals surface area contributed by atoms with Gasteiger partial charge in [-0.2, -0.15) is 0 Å². The van der Waals surface area contributed by atoms with Gasteiger partial charge in [0.2, 0.25) is 0 Å². The van der Waals surface area contributed by atoms with Gasteiger partial charge in [-0.05, 0) is 36.8 Å². The fourth-order valence-corrected chi connectivity index (χ4v) is 3.30. The number of Topliss-reactive ketones (excluding diaryl/α,β-unsaturated/α-hetero) is 1. The van der Waals surface area contributed by atoms with Crippen LogP contribution in [0.15, 0.2) is 54.6 Å². The number of nitrogens with zero attached hydrogens (tertiary/aromatic N) is 2. The first-order valence-electron chi connectivity index (χ1n) is 9.50. The van der Waals surface area contributed by atoms with Crippen molar-refractivity contribution in [2.24, 2.45) is 0 Å². The predicted octanol–water partition coefficient (Wildman–Crippen LogP) is -0.549. The van der Waals surface area contributed by atoms with E-state index in [1.807, 2.05) is 6.07 Å². The van der Waals surface area contributed by atoms with E-state index in [-0.39, 0.29) is 24.8 Å². The van der Waals surface area contributed by atoms with Crippen LogP contribution >= 0.6 is 0 Å². The van der Waals surface area contributed by atoms with E-state index in [1.165, 1.54) is 5.56 Å². The summed E-state index contributed by atoms with van der Waals surface area (Å²) < 4.78 is 5.65. The van der Waals surface area contributed by atoms with Gasteiger partial charge in [0, 0.05) is 44.8 Å². The van der Waals surface area contributed by atoms with Crippen LogP contribution in [0, 0.1) is 0 Å². The molecule has 2 aromatic rings. The molecule has 1 unspecified atom stereocenters. The van der Waals surface area contributed by atoms with E-state index in [0.717, 1.165) is 32.7 Å². The molecule has 1 saturated heterocycles. The minimum atomic E-state index is -0.529. The molecule has 1 atom stereocenters. The molecule has 0 amide bonds. The van der Waals surface area contributed by atoms with Crippen molar-refractivity contribution in [3.05, 3.63) is 65.7 Å². The first-order chi connectivity index (χ1) is 13.1. The molecular formula is C22H28ClN2O3-. The standard InChI is InChI=1S/C22H28N2O3.ClH/c1-18(25)20-7-9-22(10-8-20)27-17-21(26)16-24-13-11-23(12-14-24)15-19-5-3-2-4-6-19;/h2-10,21,26H,11-17H2,1H3;1H/p-1. The van der Waals surface area contributed by atoms with Crippen LogP contribution in [0.5, 0.6) is 5.75 Å². The Labute approximate surface area is 173 Å². The van der Waals surface area contributed by atoms with Crippen LogP contribution in [0.3, 0.4) is 0 Å². The fourth-order valence-electron chi connectivity index (χ4n) is 3.30. The molecule has 1 N–H and O–H groups in total. The van der Waals surface area contributed by atoms with Crippen LogP contribution in [0.4, 0.5) is 0 Å². The summed E-state index contributed by atoms with van der Waals surface area (Å²) in [4.78, 5) is 16.0. The topological polar surface area (TPSA) is 53.0 Å². The molecule has 0 bridgehead atoms. The molecule has 0 aromatic heterocycles. The second kappa shape index (κ2) is 11.2. The summed E-state index contributed by atoms with van der Waals surface area (Å²) in [5, 5.41) is 10.3. The third kappa shape index (κ3) is 6.91. The van der Waals surface area contributed by atoms with Crippen molar-refractivity contribution in [1.29, 1.82) is 0 Å². The largest absolute Gasteiger partial charge is 1.00 e. The van der Waals surface area contributed by atoms with Crippen molar-refractivity contribution in [1.82, 2.24) is 9.80 Å². The molecule has 0 saturated carbocycles. The number of benzene rings is 2. The van der Waals surface area contributed by atoms with Crippen LogP contribution in [0.2, 0.25) is 0 Å². The number of β-amino-alcohol motifs (C(OH)–C–C–N with tert-alkyl or cyclic N) is 1. The Bertz CT molecular complexity index is 716. The van der Waals surface area contributed by atoms with Crippen molar-refractivity contribution in [2.45, 2.75) is 19.6 Å². The monoisotopic (exact) mass is 403 g/mol. The minimum absolute atomic E-state index is 0. The van der Waals surface area contributed by atoms with Gasteiger partial charge in [-0.25, -0.2) is 0 Å². The first kappa shape index (κ1) is 22.4. The summed E-state index contributed by atoms with van der Waals surface area (Å²) >= 11 is 0. The molecular weight excluding hydrogens is 376 g/mol. The highest BCUT2D eigenvalue weighted by molar-refractivity contribution is 5.94. The Hall–Kier alpha value is -1.92.